The van der Waals surface area contributed by atoms with Crippen LogP contribution < -0.4 is 5.73 Å². The summed E-state index contributed by atoms with van der Waals surface area (Å²) in [5, 5.41) is 0. The number of benzene rings is 1. The zero-order valence-corrected chi connectivity index (χ0v) is 11.2. The summed E-state index contributed by atoms with van der Waals surface area (Å²) >= 11 is 0. The second-order valence-corrected chi connectivity index (χ2v) is 5.44. The molecule has 1 aliphatic rings. The Morgan fingerprint density at radius 2 is 2.00 bits per heavy atom. The molecule has 0 radical (unpaired) electrons. The van der Waals surface area contributed by atoms with Crippen molar-refractivity contribution in [3.05, 3.63) is 35.1 Å². The first-order chi connectivity index (χ1) is 8.65. The van der Waals surface area contributed by atoms with Gasteiger partial charge in [-0.15, -0.1) is 0 Å². The molecule has 2 N–H and O–H groups in total. The van der Waals surface area contributed by atoms with Crippen LogP contribution in [0, 0.1) is 5.82 Å². The molecule has 0 saturated carbocycles. The van der Waals surface area contributed by atoms with Gasteiger partial charge in [-0.2, -0.15) is 0 Å². The van der Waals surface area contributed by atoms with Gasteiger partial charge in [0.15, 0.2) is 0 Å². The van der Waals surface area contributed by atoms with Crippen molar-refractivity contribution in [2.75, 3.05) is 13.1 Å². The van der Waals surface area contributed by atoms with Gasteiger partial charge < -0.3 is 5.73 Å². The van der Waals surface area contributed by atoms with Crippen molar-refractivity contribution in [1.29, 1.82) is 0 Å². The lowest BCUT2D eigenvalue weighted by Gasteiger charge is -2.26. The lowest BCUT2D eigenvalue weighted by molar-refractivity contribution is 0.218. The van der Waals surface area contributed by atoms with Crippen LogP contribution in [0.5, 0.6) is 0 Å². The number of nitrogens with zero attached hydrogens (tertiary/aromatic N) is 1. The SMILES string of the molecule is CC(N)Cc1ccc(CN2CCCCC2)c(F)c1. The largest absolute Gasteiger partial charge is 0.328 e. The van der Waals surface area contributed by atoms with Crippen molar-refractivity contribution in [2.45, 2.75) is 45.2 Å². The predicted octanol–water partition coefficient (Wildman–Crippen LogP) is 2.70. The van der Waals surface area contributed by atoms with E-state index in [4.69, 9.17) is 5.73 Å². The molecule has 1 aliphatic heterocycles. The fourth-order valence-electron chi connectivity index (χ4n) is 2.58. The van der Waals surface area contributed by atoms with E-state index in [9.17, 15) is 4.39 Å². The van der Waals surface area contributed by atoms with Crippen molar-refractivity contribution in [1.82, 2.24) is 4.90 Å². The Bertz CT molecular complexity index is 384. The molecule has 18 heavy (non-hydrogen) atoms. The number of piperidine rings is 1. The molecule has 0 amide bonds. The van der Waals surface area contributed by atoms with Crippen molar-refractivity contribution in [3.63, 3.8) is 0 Å². The molecule has 0 aliphatic carbocycles. The van der Waals surface area contributed by atoms with Crippen molar-refractivity contribution in [3.8, 4) is 0 Å². The number of halogens is 1. The average molecular weight is 250 g/mol. The van der Waals surface area contributed by atoms with Crippen molar-refractivity contribution < 1.29 is 4.39 Å². The zero-order valence-electron chi connectivity index (χ0n) is 11.2. The molecule has 1 atom stereocenters. The van der Waals surface area contributed by atoms with Crippen LogP contribution in [0.3, 0.4) is 0 Å². The fourth-order valence-corrected chi connectivity index (χ4v) is 2.58. The molecular weight excluding hydrogens is 227 g/mol. The second kappa shape index (κ2) is 6.30. The highest BCUT2D eigenvalue weighted by molar-refractivity contribution is 5.25. The lowest BCUT2D eigenvalue weighted by atomic mass is 10.0. The maximum atomic E-state index is 14.0. The lowest BCUT2D eigenvalue weighted by Crippen LogP contribution is -2.29. The summed E-state index contributed by atoms with van der Waals surface area (Å²) in [6, 6.07) is 5.65. The van der Waals surface area contributed by atoms with Gasteiger partial charge in [0.1, 0.15) is 5.82 Å². The molecule has 2 nitrogen and oxygen atoms in total. The first-order valence-electron chi connectivity index (χ1n) is 6.90. The van der Waals surface area contributed by atoms with E-state index in [0.717, 1.165) is 37.2 Å². The first kappa shape index (κ1) is 13.5. The standard InChI is InChI=1S/C15H23FN2/c1-12(17)9-13-5-6-14(15(16)10-13)11-18-7-3-2-4-8-18/h5-6,10,12H,2-4,7-9,11,17H2,1H3. The van der Waals surface area contributed by atoms with Gasteiger partial charge in [-0.05, 0) is 50.9 Å². The molecule has 1 aromatic rings. The molecule has 1 aromatic carbocycles. The smallest absolute Gasteiger partial charge is 0.127 e. The number of hydrogen-bond donors (Lipinski definition) is 1. The van der Waals surface area contributed by atoms with E-state index in [-0.39, 0.29) is 11.9 Å². The maximum Gasteiger partial charge on any atom is 0.127 e. The van der Waals surface area contributed by atoms with Crippen LogP contribution in [0.15, 0.2) is 18.2 Å². The molecule has 1 saturated heterocycles. The van der Waals surface area contributed by atoms with Gasteiger partial charge in [0.25, 0.3) is 0 Å². The third-order valence-corrected chi connectivity index (χ3v) is 3.52. The molecule has 0 spiro atoms. The topological polar surface area (TPSA) is 29.3 Å². The van der Waals surface area contributed by atoms with Crippen LogP contribution >= 0.6 is 0 Å². The van der Waals surface area contributed by atoms with Gasteiger partial charge in [0, 0.05) is 18.2 Å². The molecule has 100 valence electrons. The van der Waals surface area contributed by atoms with Crippen LogP contribution in [-0.2, 0) is 13.0 Å². The highest BCUT2D eigenvalue weighted by atomic mass is 19.1. The summed E-state index contributed by atoms with van der Waals surface area (Å²) in [6.07, 6.45) is 4.53. The number of likely N-dealkylation sites (tertiary alicyclic amines) is 1. The Labute approximate surface area is 109 Å². The minimum Gasteiger partial charge on any atom is -0.328 e. The van der Waals surface area contributed by atoms with E-state index in [2.05, 4.69) is 4.90 Å². The van der Waals surface area contributed by atoms with E-state index in [1.165, 1.54) is 19.3 Å². The van der Waals surface area contributed by atoms with Gasteiger partial charge in [0.2, 0.25) is 0 Å². The molecular formula is C15H23FN2. The number of nitrogens with two attached hydrogens (primary N) is 1. The number of rotatable bonds is 4. The minimum absolute atomic E-state index is 0.0809. The molecule has 0 bridgehead atoms. The van der Waals surface area contributed by atoms with Gasteiger partial charge in [-0.25, -0.2) is 4.39 Å². The van der Waals surface area contributed by atoms with E-state index in [0.29, 0.717) is 0 Å². The first-order valence-corrected chi connectivity index (χ1v) is 6.90. The van der Waals surface area contributed by atoms with Crippen LogP contribution in [0.2, 0.25) is 0 Å². The Balaban J connectivity index is 2.00. The third-order valence-electron chi connectivity index (χ3n) is 3.52. The molecule has 2 rings (SSSR count). The molecule has 1 unspecified atom stereocenters. The fraction of sp³-hybridized carbons (Fsp3) is 0.600. The third kappa shape index (κ3) is 3.79. The van der Waals surface area contributed by atoms with Crippen molar-refractivity contribution >= 4 is 0 Å². The highest BCUT2D eigenvalue weighted by Crippen LogP contribution is 2.17. The summed E-state index contributed by atoms with van der Waals surface area (Å²) in [7, 11) is 0. The molecule has 3 heteroatoms. The Hall–Kier alpha value is -0.930. The Morgan fingerprint density at radius 3 is 2.61 bits per heavy atom. The summed E-state index contributed by atoms with van der Waals surface area (Å²) < 4.78 is 14.0. The van der Waals surface area contributed by atoms with Crippen LogP contribution in [-0.4, -0.2) is 24.0 Å². The predicted molar refractivity (Wildman–Crippen MR) is 72.9 cm³/mol. The van der Waals surface area contributed by atoms with Gasteiger partial charge in [-0.3, -0.25) is 4.90 Å². The summed E-state index contributed by atoms with van der Waals surface area (Å²) in [6.45, 7) is 4.88. The Morgan fingerprint density at radius 1 is 1.28 bits per heavy atom. The number of hydrogen-bond acceptors (Lipinski definition) is 2. The van der Waals surface area contributed by atoms with E-state index < -0.39 is 0 Å². The summed E-state index contributed by atoms with van der Waals surface area (Å²) in [5.74, 6) is -0.0845. The Kier molecular flexibility index (Phi) is 4.72. The summed E-state index contributed by atoms with van der Waals surface area (Å²) in [5.41, 5.74) is 7.53. The van der Waals surface area contributed by atoms with Gasteiger partial charge in [-0.1, -0.05) is 18.6 Å². The average Bonchev–Trinajstić information content (AvgIpc) is 2.33. The minimum atomic E-state index is -0.0845. The molecule has 1 heterocycles. The van der Waals surface area contributed by atoms with Crippen LogP contribution in [0.4, 0.5) is 4.39 Å². The van der Waals surface area contributed by atoms with Crippen LogP contribution in [0.25, 0.3) is 0 Å². The zero-order chi connectivity index (χ0) is 13.0. The van der Waals surface area contributed by atoms with Gasteiger partial charge in [0.05, 0.1) is 0 Å². The van der Waals surface area contributed by atoms with E-state index in [1.807, 2.05) is 19.1 Å². The molecule has 0 aromatic heterocycles. The summed E-state index contributed by atoms with van der Waals surface area (Å²) in [4.78, 5) is 2.34. The van der Waals surface area contributed by atoms with Gasteiger partial charge >= 0.3 is 0 Å². The normalized spacial score (nSPS) is 18.8. The molecule has 1 fully saturated rings. The van der Waals surface area contributed by atoms with E-state index >= 15 is 0 Å². The highest BCUT2D eigenvalue weighted by Gasteiger charge is 2.13. The van der Waals surface area contributed by atoms with Crippen molar-refractivity contribution in [2.24, 2.45) is 5.73 Å². The van der Waals surface area contributed by atoms with Crippen LogP contribution in [0.1, 0.15) is 37.3 Å². The monoisotopic (exact) mass is 250 g/mol. The van der Waals surface area contributed by atoms with E-state index in [1.54, 1.807) is 6.07 Å². The quantitative estimate of drug-likeness (QED) is 0.890. The second-order valence-electron chi connectivity index (χ2n) is 5.44. The maximum absolute atomic E-state index is 14.0.